The summed E-state index contributed by atoms with van der Waals surface area (Å²) in [5.74, 6) is -1.57. The molecule has 2 atom stereocenters. The molecule has 0 aliphatic carbocycles. The van der Waals surface area contributed by atoms with E-state index in [0.717, 1.165) is 6.42 Å². The van der Waals surface area contributed by atoms with Crippen LogP contribution in [0.4, 0.5) is 0 Å². The van der Waals surface area contributed by atoms with Gasteiger partial charge in [0, 0.05) is 0 Å². The number of rotatable bonds is 6. The molecule has 0 aliphatic rings. The molecule has 0 unspecified atom stereocenters. The summed E-state index contributed by atoms with van der Waals surface area (Å²) in [6, 6.07) is -1.48. The Kier molecular flexibility index (Phi) is 5.93. The van der Waals surface area contributed by atoms with E-state index < -0.39 is 24.0 Å². The number of carboxylic acids is 1. The molecular formula is C10H20N2O3. The minimum absolute atomic E-state index is 0.153. The largest absolute Gasteiger partial charge is 0.480 e. The number of nitrogens with two attached hydrogens (primary N) is 1. The number of carbonyl (C=O) groups excluding carboxylic acids is 1. The zero-order valence-corrected chi connectivity index (χ0v) is 9.49. The fourth-order valence-corrected chi connectivity index (χ4v) is 1.22. The Bertz CT molecular complexity index is 229. The van der Waals surface area contributed by atoms with Gasteiger partial charge in [-0.05, 0) is 12.3 Å². The first-order valence-corrected chi connectivity index (χ1v) is 5.18. The van der Waals surface area contributed by atoms with Gasteiger partial charge >= 0.3 is 5.97 Å². The second-order valence-corrected chi connectivity index (χ2v) is 3.96. The Labute approximate surface area is 90.0 Å². The van der Waals surface area contributed by atoms with Crippen LogP contribution < -0.4 is 11.1 Å². The molecule has 0 aromatic rings. The fourth-order valence-electron chi connectivity index (χ4n) is 1.22. The SMILES string of the molecule is CCC[C@H](N)C(=O)N[C@@H](C(=O)O)C(C)C. The molecule has 0 radical (unpaired) electrons. The Morgan fingerprint density at radius 2 is 1.93 bits per heavy atom. The smallest absolute Gasteiger partial charge is 0.326 e. The van der Waals surface area contributed by atoms with E-state index in [1.54, 1.807) is 13.8 Å². The number of hydrogen-bond donors (Lipinski definition) is 3. The van der Waals surface area contributed by atoms with Gasteiger partial charge in [-0.3, -0.25) is 4.79 Å². The molecule has 5 heteroatoms. The molecule has 0 saturated carbocycles. The molecule has 0 aliphatic heterocycles. The lowest BCUT2D eigenvalue weighted by Crippen LogP contribution is -2.50. The van der Waals surface area contributed by atoms with Gasteiger partial charge in [0.1, 0.15) is 6.04 Å². The number of aliphatic carboxylic acids is 1. The van der Waals surface area contributed by atoms with Crippen molar-refractivity contribution >= 4 is 11.9 Å². The predicted molar refractivity (Wildman–Crippen MR) is 57.3 cm³/mol. The topological polar surface area (TPSA) is 92.4 Å². The summed E-state index contributed by atoms with van der Waals surface area (Å²) >= 11 is 0. The summed E-state index contributed by atoms with van der Waals surface area (Å²) in [6.45, 7) is 5.40. The van der Waals surface area contributed by atoms with Gasteiger partial charge in [0.05, 0.1) is 6.04 Å². The van der Waals surface area contributed by atoms with Gasteiger partial charge in [-0.1, -0.05) is 27.2 Å². The molecule has 0 heterocycles. The number of carbonyl (C=O) groups is 2. The number of carboxylic acid groups (broad SMARTS) is 1. The van der Waals surface area contributed by atoms with Crippen molar-refractivity contribution in [1.82, 2.24) is 5.32 Å². The molecule has 15 heavy (non-hydrogen) atoms. The van der Waals surface area contributed by atoms with E-state index in [9.17, 15) is 9.59 Å². The molecular weight excluding hydrogens is 196 g/mol. The summed E-state index contributed by atoms with van der Waals surface area (Å²) in [4.78, 5) is 22.3. The quantitative estimate of drug-likeness (QED) is 0.597. The van der Waals surface area contributed by atoms with Crippen LogP contribution in [-0.4, -0.2) is 29.1 Å². The molecule has 0 fully saturated rings. The highest BCUT2D eigenvalue weighted by atomic mass is 16.4. The number of nitrogens with one attached hydrogen (secondary N) is 1. The molecule has 0 bridgehead atoms. The van der Waals surface area contributed by atoms with Crippen molar-refractivity contribution in [1.29, 1.82) is 0 Å². The zero-order chi connectivity index (χ0) is 12.0. The van der Waals surface area contributed by atoms with Crippen molar-refractivity contribution in [2.45, 2.75) is 45.7 Å². The molecule has 5 nitrogen and oxygen atoms in total. The highest BCUT2D eigenvalue weighted by molar-refractivity contribution is 5.86. The lowest BCUT2D eigenvalue weighted by Gasteiger charge is -2.20. The molecule has 0 rings (SSSR count). The van der Waals surface area contributed by atoms with Gasteiger partial charge in [0.25, 0.3) is 0 Å². The summed E-state index contributed by atoms with van der Waals surface area (Å²) in [6.07, 6.45) is 1.37. The predicted octanol–water partition coefficient (Wildman–Crippen LogP) is 0.339. The van der Waals surface area contributed by atoms with Gasteiger partial charge in [-0.15, -0.1) is 0 Å². The molecule has 4 N–H and O–H groups in total. The summed E-state index contributed by atoms with van der Waals surface area (Å²) < 4.78 is 0. The van der Waals surface area contributed by atoms with Crippen LogP contribution in [0.2, 0.25) is 0 Å². The average Bonchev–Trinajstić information content (AvgIpc) is 2.12. The fraction of sp³-hybridized carbons (Fsp3) is 0.800. The second-order valence-electron chi connectivity index (χ2n) is 3.96. The third-order valence-electron chi connectivity index (χ3n) is 2.17. The van der Waals surface area contributed by atoms with Gasteiger partial charge in [-0.25, -0.2) is 4.79 Å². The number of amides is 1. The summed E-state index contributed by atoms with van der Waals surface area (Å²) in [5.41, 5.74) is 5.57. The van der Waals surface area contributed by atoms with Crippen molar-refractivity contribution in [2.75, 3.05) is 0 Å². The third kappa shape index (κ3) is 4.78. The van der Waals surface area contributed by atoms with E-state index in [1.807, 2.05) is 6.92 Å². The Morgan fingerprint density at radius 3 is 2.27 bits per heavy atom. The van der Waals surface area contributed by atoms with E-state index in [1.165, 1.54) is 0 Å². The van der Waals surface area contributed by atoms with Gasteiger partial charge in [0.15, 0.2) is 0 Å². The first-order valence-electron chi connectivity index (χ1n) is 5.18. The van der Waals surface area contributed by atoms with E-state index in [4.69, 9.17) is 10.8 Å². The van der Waals surface area contributed by atoms with Crippen LogP contribution in [0.15, 0.2) is 0 Å². The van der Waals surface area contributed by atoms with Crippen LogP contribution >= 0.6 is 0 Å². The van der Waals surface area contributed by atoms with Crippen molar-refractivity contribution < 1.29 is 14.7 Å². The molecule has 0 aromatic heterocycles. The van der Waals surface area contributed by atoms with Crippen LogP contribution in [0, 0.1) is 5.92 Å². The Hall–Kier alpha value is -1.10. The minimum atomic E-state index is -1.03. The highest BCUT2D eigenvalue weighted by Crippen LogP contribution is 2.03. The van der Waals surface area contributed by atoms with Crippen LogP contribution in [0.25, 0.3) is 0 Å². The van der Waals surface area contributed by atoms with Crippen molar-refractivity contribution in [3.05, 3.63) is 0 Å². The van der Waals surface area contributed by atoms with Gasteiger partial charge in [-0.2, -0.15) is 0 Å². The van der Waals surface area contributed by atoms with Crippen molar-refractivity contribution in [3.63, 3.8) is 0 Å². The van der Waals surface area contributed by atoms with E-state index in [0.29, 0.717) is 6.42 Å². The Morgan fingerprint density at radius 1 is 1.40 bits per heavy atom. The first kappa shape index (κ1) is 13.9. The van der Waals surface area contributed by atoms with E-state index in [2.05, 4.69) is 5.32 Å². The van der Waals surface area contributed by atoms with Crippen LogP contribution in [0.5, 0.6) is 0 Å². The van der Waals surface area contributed by atoms with E-state index in [-0.39, 0.29) is 5.92 Å². The minimum Gasteiger partial charge on any atom is -0.480 e. The zero-order valence-electron chi connectivity index (χ0n) is 9.49. The summed E-state index contributed by atoms with van der Waals surface area (Å²) in [5, 5.41) is 11.3. The maximum Gasteiger partial charge on any atom is 0.326 e. The third-order valence-corrected chi connectivity index (χ3v) is 2.17. The standard InChI is InChI=1S/C10H20N2O3/c1-4-5-7(11)9(13)12-8(6(2)3)10(14)15/h6-8H,4-5,11H2,1-3H3,(H,12,13)(H,14,15)/t7-,8+/m0/s1. The monoisotopic (exact) mass is 216 g/mol. The van der Waals surface area contributed by atoms with Crippen LogP contribution in [-0.2, 0) is 9.59 Å². The maximum absolute atomic E-state index is 11.5. The Balaban J connectivity index is 4.29. The van der Waals surface area contributed by atoms with E-state index >= 15 is 0 Å². The first-order chi connectivity index (χ1) is 6.90. The van der Waals surface area contributed by atoms with Crippen LogP contribution in [0.1, 0.15) is 33.6 Å². The molecule has 1 amide bonds. The summed E-state index contributed by atoms with van der Waals surface area (Å²) in [7, 11) is 0. The highest BCUT2D eigenvalue weighted by Gasteiger charge is 2.25. The maximum atomic E-state index is 11.5. The normalized spacial score (nSPS) is 14.7. The lowest BCUT2D eigenvalue weighted by atomic mass is 10.0. The van der Waals surface area contributed by atoms with Crippen molar-refractivity contribution in [3.8, 4) is 0 Å². The lowest BCUT2D eigenvalue weighted by molar-refractivity contribution is -0.143. The molecule has 0 aromatic carbocycles. The molecule has 0 saturated heterocycles. The van der Waals surface area contributed by atoms with Gasteiger partial charge in [0.2, 0.25) is 5.91 Å². The molecule has 0 spiro atoms. The molecule has 88 valence electrons. The average molecular weight is 216 g/mol. The van der Waals surface area contributed by atoms with Gasteiger partial charge < -0.3 is 16.2 Å². The van der Waals surface area contributed by atoms with Crippen molar-refractivity contribution in [2.24, 2.45) is 11.7 Å². The number of hydrogen-bond acceptors (Lipinski definition) is 3. The second kappa shape index (κ2) is 6.40. The van der Waals surface area contributed by atoms with Crippen LogP contribution in [0.3, 0.4) is 0 Å².